The van der Waals surface area contributed by atoms with Gasteiger partial charge in [-0.15, -0.1) is 0 Å². The third kappa shape index (κ3) is 3.49. The van der Waals surface area contributed by atoms with Gasteiger partial charge in [-0.2, -0.15) is 0 Å². The van der Waals surface area contributed by atoms with Gasteiger partial charge in [-0.3, -0.25) is 4.79 Å². The van der Waals surface area contributed by atoms with E-state index in [2.05, 4.69) is 21.2 Å². The number of hydrogen-bond acceptors (Lipinski definition) is 4. The predicted molar refractivity (Wildman–Crippen MR) is 73.7 cm³/mol. The topological polar surface area (TPSA) is 95.9 Å². The van der Waals surface area contributed by atoms with Gasteiger partial charge >= 0.3 is 5.97 Å². The van der Waals surface area contributed by atoms with Gasteiger partial charge in [0.05, 0.1) is 11.7 Å². The van der Waals surface area contributed by atoms with Crippen LogP contribution in [0.1, 0.15) is 23.2 Å². The van der Waals surface area contributed by atoms with E-state index in [1.54, 1.807) is 6.07 Å². The van der Waals surface area contributed by atoms with Gasteiger partial charge in [-0.25, -0.2) is 4.79 Å². The van der Waals surface area contributed by atoms with E-state index < -0.39 is 18.0 Å². The number of rotatable bonds is 4. The van der Waals surface area contributed by atoms with Gasteiger partial charge in [0.1, 0.15) is 5.75 Å². The molecule has 2 atom stereocenters. The number of nitrogens with one attached hydrogen (secondary N) is 1. The van der Waals surface area contributed by atoms with Gasteiger partial charge < -0.3 is 20.3 Å². The highest BCUT2D eigenvalue weighted by molar-refractivity contribution is 9.10. The van der Waals surface area contributed by atoms with Crippen LogP contribution in [0.15, 0.2) is 22.7 Å². The highest BCUT2D eigenvalue weighted by Crippen LogP contribution is 2.23. The monoisotopic (exact) mass is 343 g/mol. The second kappa shape index (κ2) is 6.23. The number of benzene rings is 1. The standard InChI is InChI=1S/C13H14BrNO5/c14-7-1-3-9(10(16)5-7)12(17)15-6-8-2-4-11(20-8)13(18)19/h1,3,5,8,11,16H,2,4,6H2,(H,15,17)(H,18,19). The summed E-state index contributed by atoms with van der Waals surface area (Å²) in [5, 5.41) is 21.1. The number of aliphatic carboxylic acids is 1. The highest BCUT2D eigenvalue weighted by atomic mass is 79.9. The number of carboxylic acid groups (broad SMARTS) is 1. The van der Waals surface area contributed by atoms with Crippen molar-refractivity contribution in [2.75, 3.05) is 6.54 Å². The molecule has 0 radical (unpaired) electrons. The van der Waals surface area contributed by atoms with Crippen LogP contribution in [0.4, 0.5) is 0 Å². The first-order chi connectivity index (χ1) is 9.47. The molecule has 1 fully saturated rings. The van der Waals surface area contributed by atoms with Crippen LogP contribution in [-0.4, -0.2) is 40.8 Å². The van der Waals surface area contributed by atoms with Crippen LogP contribution in [0.3, 0.4) is 0 Å². The van der Waals surface area contributed by atoms with Gasteiger partial charge in [-0.05, 0) is 31.0 Å². The zero-order chi connectivity index (χ0) is 14.7. The molecule has 1 aliphatic heterocycles. The fraction of sp³-hybridized carbons (Fsp3) is 0.385. The van der Waals surface area contributed by atoms with Gasteiger partial charge in [0.2, 0.25) is 0 Å². The number of aromatic hydroxyl groups is 1. The lowest BCUT2D eigenvalue weighted by molar-refractivity contribution is -0.149. The van der Waals surface area contributed by atoms with E-state index >= 15 is 0 Å². The largest absolute Gasteiger partial charge is 0.507 e. The smallest absolute Gasteiger partial charge is 0.332 e. The van der Waals surface area contributed by atoms with Crippen molar-refractivity contribution in [1.29, 1.82) is 0 Å². The fourth-order valence-electron chi connectivity index (χ4n) is 2.04. The van der Waals surface area contributed by atoms with Crippen molar-refractivity contribution < 1.29 is 24.5 Å². The molecule has 0 bridgehead atoms. The number of phenols is 1. The lowest BCUT2D eigenvalue weighted by Crippen LogP contribution is -2.33. The van der Waals surface area contributed by atoms with Crippen LogP contribution in [0.25, 0.3) is 0 Å². The number of amides is 1. The van der Waals surface area contributed by atoms with Crippen LogP contribution >= 0.6 is 15.9 Å². The normalized spacial score (nSPS) is 21.6. The quantitative estimate of drug-likeness (QED) is 0.770. The first kappa shape index (κ1) is 14.8. The number of hydrogen-bond donors (Lipinski definition) is 3. The maximum Gasteiger partial charge on any atom is 0.332 e. The summed E-state index contributed by atoms with van der Waals surface area (Å²) in [4.78, 5) is 22.6. The zero-order valence-electron chi connectivity index (χ0n) is 10.5. The summed E-state index contributed by atoms with van der Waals surface area (Å²) < 4.78 is 5.95. The van der Waals surface area contributed by atoms with Crippen LogP contribution in [0.5, 0.6) is 5.75 Å². The molecule has 20 heavy (non-hydrogen) atoms. The van der Waals surface area contributed by atoms with E-state index in [1.165, 1.54) is 12.1 Å². The van der Waals surface area contributed by atoms with Gasteiger partial charge in [-0.1, -0.05) is 15.9 Å². The van der Waals surface area contributed by atoms with Crippen molar-refractivity contribution in [2.45, 2.75) is 25.0 Å². The molecule has 7 heteroatoms. The van der Waals surface area contributed by atoms with Crippen molar-refractivity contribution in [3.8, 4) is 5.75 Å². The molecule has 3 N–H and O–H groups in total. The Morgan fingerprint density at radius 3 is 2.75 bits per heavy atom. The molecule has 0 aromatic heterocycles. The Morgan fingerprint density at radius 1 is 1.40 bits per heavy atom. The average molecular weight is 344 g/mol. The first-order valence-electron chi connectivity index (χ1n) is 6.12. The Bertz CT molecular complexity index is 533. The van der Waals surface area contributed by atoms with Gasteiger partial charge in [0.25, 0.3) is 5.91 Å². The summed E-state index contributed by atoms with van der Waals surface area (Å²) in [6, 6.07) is 4.59. The molecule has 1 aromatic rings. The summed E-state index contributed by atoms with van der Waals surface area (Å²) >= 11 is 3.19. The van der Waals surface area contributed by atoms with Crippen LogP contribution in [0, 0.1) is 0 Å². The van der Waals surface area contributed by atoms with Crippen molar-refractivity contribution in [1.82, 2.24) is 5.32 Å². The molecule has 0 saturated carbocycles. The van der Waals surface area contributed by atoms with Gasteiger partial charge in [0.15, 0.2) is 6.10 Å². The lowest BCUT2D eigenvalue weighted by atomic mass is 10.1. The molecular formula is C13H14BrNO5. The molecule has 1 aromatic carbocycles. The van der Waals surface area contributed by atoms with E-state index in [0.29, 0.717) is 17.3 Å². The Balaban J connectivity index is 1.88. The molecule has 108 valence electrons. The van der Waals surface area contributed by atoms with E-state index in [0.717, 1.165) is 0 Å². The Labute approximate surface area is 123 Å². The summed E-state index contributed by atoms with van der Waals surface area (Å²) in [7, 11) is 0. The van der Waals surface area contributed by atoms with E-state index in [4.69, 9.17) is 9.84 Å². The van der Waals surface area contributed by atoms with Crippen molar-refractivity contribution in [2.24, 2.45) is 0 Å². The highest BCUT2D eigenvalue weighted by Gasteiger charge is 2.30. The van der Waals surface area contributed by atoms with E-state index in [9.17, 15) is 14.7 Å². The molecule has 6 nitrogen and oxygen atoms in total. The van der Waals surface area contributed by atoms with Crippen LogP contribution in [-0.2, 0) is 9.53 Å². The lowest BCUT2D eigenvalue weighted by Gasteiger charge is -2.12. The third-order valence-electron chi connectivity index (χ3n) is 3.08. The van der Waals surface area contributed by atoms with Crippen LogP contribution < -0.4 is 5.32 Å². The molecule has 1 amide bonds. The number of halogens is 1. The van der Waals surface area contributed by atoms with Crippen molar-refractivity contribution in [3.63, 3.8) is 0 Å². The number of ether oxygens (including phenoxy) is 1. The second-order valence-corrected chi connectivity index (χ2v) is 5.45. The van der Waals surface area contributed by atoms with Crippen molar-refractivity contribution >= 4 is 27.8 Å². The molecule has 2 unspecified atom stereocenters. The van der Waals surface area contributed by atoms with E-state index in [-0.39, 0.29) is 24.0 Å². The average Bonchev–Trinajstić information content (AvgIpc) is 2.85. The number of carbonyl (C=O) groups is 2. The Kier molecular flexibility index (Phi) is 4.61. The SMILES string of the molecule is O=C(NCC1CCC(C(=O)O)O1)c1ccc(Br)cc1O. The maximum absolute atomic E-state index is 11.9. The minimum Gasteiger partial charge on any atom is -0.507 e. The predicted octanol–water partition coefficient (Wildman–Crippen LogP) is 1.52. The number of phenolic OH excluding ortho intramolecular Hbond substituents is 1. The molecule has 1 aliphatic rings. The summed E-state index contributed by atoms with van der Waals surface area (Å²) in [6.07, 6.45) is -0.0705. The summed E-state index contributed by atoms with van der Waals surface area (Å²) in [5.74, 6) is -1.52. The number of carboxylic acids is 1. The molecule has 0 spiro atoms. The Morgan fingerprint density at radius 2 is 2.15 bits per heavy atom. The molecule has 1 heterocycles. The maximum atomic E-state index is 11.9. The summed E-state index contributed by atoms with van der Waals surface area (Å²) in [5.41, 5.74) is 0.168. The molecule has 1 saturated heterocycles. The molecule has 2 rings (SSSR count). The first-order valence-corrected chi connectivity index (χ1v) is 6.91. The zero-order valence-corrected chi connectivity index (χ0v) is 12.1. The summed E-state index contributed by atoms with van der Waals surface area (Å²) in [6.45, 7) is 0.220. The number of carbonyl (C=O) groups excluding carboxylic acids is 1. The van der Waals surface area contributed by atoms with Gasteiger partial charge in [0, 0.05) is 11.0 Å². The third-order valence-corrected chi connectivity index (χ3v) is 3.57. The molecule has 0 aliphatic carbocycles. The van der Waals surface area contributed by atoms with Crippen molar-refractivity contribution in [3.05, 3.63) is 28.2 Å². The Hall–Kier alpha value is -1.60. The minimum atomic E-state index is -0.982. The fourth-order valence-corrected chi connectivity index (χ4v) is 2.39. The van der Waals surface area contributed by atoms with Crippen LogP contribution in [0.2, 0.25) is 0 Å². The molecular weight excluding hydrogens is 330 g/mol. The minimum absolute atomic E-state index is 0.118. The second-order valence-electron chi connectivity index (χ2n) is 4.53. The van der Waals surface area contributed by atoms with E-state index in [1.807, 2.05) is 0 Å².